The minimum atomic E-state index is -0.772. The van der Waals surface area contributed by atoms with Crippen molar-refractivity contribution in [3.63, 3.8) is 0 Å². The largest absolute Gasteiger partial charge is 0.462 e. The van der Waals surface area contributed by atoms with Gasteiger partial charge in [-0.1, -0.05) is 382 Å². The van der Waals surface area contributed by atoms with E-state index in [0.717, 1.165) is 70.6 Å². The van der Waals surface area contributed by atoms with Crippen LogP contribution in [0.2, 0.25) is 0 Å². The Kier molecular flexibility index (Phi) is 70.2. The molecular weight excluding hydrogens is 1000 g/mol. The van der Waals surface area contributed by atoms with Crippen molar-refractivity contribution in [2.75, 3.05) is 13.2 Å². The minimum Gasteiger partial charge on any atom is -0.462 e. The number of aliphatic hydroxyl groups is 1. The van der Waals surface area contributed by atoms with E-state index in [9.17, 15) is 14.7 Å². The predicted octanol–water partition coefficient (Wildman–Crippen LogP) is 25.4. The Hall–Kier alpha value is -2.66. The molecule has 0 rings (SSSR count). The number of hydrogen-bond acceptors (Lipinski definition) is 5. The summed E-state index contributed by atoms with van der Waals surface area (Å²) in [6.07, 6.45) is 101. The third kappa shape index (κ3) is 69.8. The highest BCUT2D eigenvalue weighted by Gasteiger charge is 2.16. The van der Waals surface area contributed by atoms with Crippen LogP contribution < -0.4 is 0 Å². The summed E-state index contributed by atoms with van der Waals surface area (Å²) in [6.45, 7) is 4.09. The van der Waals surface area contributed by atoms with Gasteiger partial charge in [0.05, 0.1) is 6.61 Å². The third-order valence-corrected chi connectivity index (χ3v) is 16.5. The van der Waals surface area contributed by atoms with Gasteiger partial charge >= 0.3 is 11.9 Å². The zero-order valence-electron chi connectivity index (χ0n) is 55.0. The van der Waals surface area contributed by atoms with Crippen LogP contribution in [0, 0.1) is 0 Å². The second-order valence-electron chi connectivity index (χ2n) is 24.7. The van der Waals surface area contributed by atoms with Crippen molar-refractivity contribution in [1.82, 2.24) is 0 Å². The van der Waals surface area contributed by atoms with Crippen LogP contribution in [0.5, 0.6) is 0 Å². The van der Waals surface area contributed by atoms with Crippen molar-refractivity contribution >= 4 is 11.9 Å². The number of aliphatic hydroxyl groups excluding tert-OH is 1. The molecule has 0 saturated carbocycles. The van der Waals surface area contributed by atoms with Gasteiger partial charge in [0, 0.05) is 12.8 Å². The third-order valence-electron chi connectivity index (χ3n) is 16.5. The Labute approximate surface area is 512 Å². The van der Waals surface area contributed by atoms with Crippen molar-refractivity contribution < 1.29 is 24.2 Å². The molecule has 478 valence electrons. The highest BCUT2D eigenvalue weighted by Crippen LogP contribution is 2.19. The fraction of sp³-hybridized carbons (Fsp3) is 0.818. The SMILES string of the molecule is CC/C=C\C/C=C\C/C=C\C/C=C\C/C=C\C/C=C\CCCCCCCCCCCCCCCCCCCCCCC(=O)OC(CO)COC(=O)CCCCCCCCCCCCCCCCCCCCCCCCCCCCCCC. The minimum absolute atomic E-state index is 0.0604. The summed E-state index contributed by atoms with van der Waals surface area (Å²) < 4.78 is 10.8. The van der Waals surface area contributed by atoms with E-state index in [1.165, 1.54) is 289 Å². The Morgan fingerprint density at radius 3 is 0.793 bits per heavy atom. The first-order chi connectivity index (χ1) is 40.6. The molecular formula is C77H140O5. The van der Waals surface area contributed by atoms with Gasteiger partial charge in [-0.2, -0.15) is 0 Å². The molecule has 5 heteroatoms. The standard InChI is InChI=1S/C77H140O5/c1-3-5-7-9-11-13-15-17-19-21-23-25-27-29-31-33-34-35-36-37-38-39-40-41-42-44-46-48-50-52-54-56-58-60-62-64-66-68-70-72-77(80)82-75(73-78)74-81-76(79)71-69-67-65-63-61-59-57-55-53-51-49-47-45-43-32-30-28-26-24-22-20-18-16-14-12-10-8-6-4-2/h5,7,11,13,17,19,23,25,29,31,34-35,75,78H,3-4,6,8-10,12,14-16,18,20-22,24,26-28,30,32-33,36-74H2,1-2H3/b7-5-,13-11-,19-17-,25-23-,31-29-,35-34-. The van der Waals surface area contributed by atoms with Crippen molar-refractivity contribution in [3.8, 4) is 0 Å². The molecule has 0 aliphatic rings. The van der Waals surface area contributed by atoms with E-state index in [4.69, 9.17) is 9.47 Å². The zero-order valence-corrected chi connectivity index (χ0v) is 55.0. The monoisotopic (exact) mass is 1150 g/mol. The van der Waals surface area contributed by atoms with Crippen molar-refractivity contribution in [3.05, 3.63) is 72.9 Å². The average Bonchev–Trinajstić information content (AvgIpc) is 3.49. The van der Waals surface area contributed by atoms with Crippen LogP contribution in [0.25, 0.3) is 0 Å². The molecule has 0 aromatic heterocycles. The molecule has 5 nitrogen and oxygen atoms in total. The van der Waals surface area contributed by atoms with E-state index in [1.54, 1.807) is 0 Å². The van der Waals surface area contributed by atoms with E-state index >= 15 is 0 Å². The lowest BCUT2D eigenvalue weighted by Crippen LogP contribution is -2.28. The smallest absolute Gasteiger partial charge is 0.306 e. The van der Waals surface area contributed by atoms with Gasteiger partial charge in [0.1, 0.15) is 6.61 Å². The summed E-state index contributed by atoms with van der Waals surface area (Å²) in [5, 5.41) is 9.71. The van der Waals surface area contributed by atoms with Crippen molar-refractivity contribution in [2.45, 2.75) is 392 Å². The summed E-state index contributed by atoms with van der Waals surface area (Å²) in [5.74, 6) is -0.567. The van der Waals surface area contributed by atoms with Gasteiger partial charge in [0.2, 0.25) is 0 Å². The summed E-state index contributed by atoms with van der Waals surface area (Å²) >= 11 is 0. The van der Waals surface area contributed by atoms with Gasteiger partial charge < -0.3 is 14.6 Å². The molecule has 82 heavy (non-hydrogen) atoms. The molecule has 0 heterocycles. The molecule has 1 N–H and O–H groups in total. The second-order valence-corrected chi connectivity index (χ2v) is 24.7. The van der Waals surface area contributed by atoms with Crippen molar-refractivity contribution in [1.29, 1.82) is 0 Å². The molecule has 0 radical (unpaired) electrons. The fourth-order valence-electron chi connectivity index (χ4n) is 11.1. The number of ether oxygens (including phenoxy) is 2. The molecule has 1 atom stereocenters. The van der Waals surface area contributed by atoms with Crippen LogP contribution in [0.1, 0.15) is 386 Å². The van der Waals surface area contributed by atoms with Crippen LogP contribution in [-0.4, -0.2) is 36.4 Å². The molecule has 0 aromatic carbocycles. The highest BCUT2D eigenvalue weighted by molar-refractivity contribution is 5.70. The van der Waals surface area contributed by atoms with Gasteiger partial charge in [-0.3, -0.25) is 9.59 Å². The predicted molar refractivity (Wildman–Crippen MR) is 362 cm³/mol. The topological polar surface area (TPSA) is 72.8 Å². The number of carbonyl (C=O) groups is 2. The van der Waals surface area contributed by atoms with E-state index in [-0.39, 0.29) is 25.2 Å². The van der Waals surface area contributed by atoms with Crippen LogP contribution >= 0.6 is 0 Å². The lowest BCUT2D eigenvalue weighted by atomic mass is 10.0. The summed E-state index contributed by atoms with van der Waals surface area (Å²) in [6, 6.07) is 0. The van der Waals surface area contributed by atoms with Gasteiger partial charge in [0.25, 0.3) is 0 Å². The summed E-state index contributed by atoms with van der Waals surface area (Å²) in [4.78, 5) is 24.7. The summed E-state index contributed by atoms with van der Waals surface area (Å²) in [7, 11) is 0. The first kappa shape index (κ1) is 79.3. The number of rotatable bonds is 68. The Balaban J connectivity index is 3.40. The zero-order chi connectivity index (χ0) is 59.1. The van der Waals surface area contributed by atoms with Gasteiger partial charge in [-0.25, -0.2) is 0 Å². The van der Waals surface area contributed by atoms with Crippen molar-refractivity contribution in [2.24, 2.45) is 0 Å². The van der Waals surface area contributed by atoms with Crippen LogP contribution in [0.4, 0.5) is 0 Å². The maximum absolute atomic E-state index is 12.4. The number of carbonyl (C=O) groups excluding carboxylic acids is 2. The number of allylic oxidation sites excluding steroid dienone is 12. The maximum atomic E-state index is 12.4. The molecule has 0 aliphatic carbocycles. The highest BCUT2D eigenvalue weighted by atomic mass is 16.6. The first-order valence-corrected chi connectivity index (χ1v) is 36.5. The molecule has 0 bridgehead atoms. The van der Waals surface area contributed by atoms with Crippen LogP contribution in [-0.2, 0) is 19.1 Å². The van der Waals surface area contributed by atoms with Gasteiger partial charge in [-0.15, -0.1) is 0 Å². The summed E-state index contributed by atoms with van der Waals surface area (Å²) in [5.41, 5.74) is 0. The Bertz CT molecular complexity index is 1440. The van der Waals surface area contributed by atoms with Crippen LogP contribution in [0.15, 0.2) is 72.9 Å². The van der Waals surface area contributed by atoms with E-state index in [2.05, 4.69) is 86.8 Å². The normalized spacial score (nSPS) is 12.6. The molecule has 0 fully saturated rings. The number of esters is 2. The van der Waals surface area contributed by atoms with E-state index in [1.807, 2.05) is 0 Å². The first-order valence-electron chi connectivity index (χ1n) is 36.5. The number of hydrogen-bond donors (Lipinski definition) is 1. The molecule has 0 aromatic rings. The lowest BCUT2D eigenvalue weighted by Gasteiger charge is -2.15. The molecule has 0 spiro atoms. The molecule has 0 amide bonds. The van der Waals surface area contributed by atoms with Crippen LogP contribution in [0.3, 0.4) is 0 Å². The number of unbranched alkanes of at least 4 members (excludes halogenated alkanes) is 48. The lowest BCUT2D eigenvalue weighted by molar-refractivity contribution is -0.161. The maximum Gasteiger partial charge on any atom is 0.306 e. The fourth-order valence-corrected chi connectivity index (χ4v) is 11.1. The Morgan fingerprint density at radius 1 is 0.293 bits per heavy atom. The quantitative estimate of drug-likeness (QED) is 0.0373. The van der Waals surface area contributed by atoms with Gasteiger partial charge in [-0.05, 0) is 64.2 Å². The average molecular weight is 1150 g/mol. The molecule has 1 unspecified atom stereocenters. The van der Waals surface area contributed by atoms with E-state index in [0.29, 0.717) is 12.8 Å². The Morgan fingerprint density at radius 2 is 0.524 bits per heavy atom. The van der Waals surface area contributed by atoms with E-state index < -0.39 is 6.10 Å². The molecule has 0 saturated heterocycles. The second kappa shape index (κ2) is 72.6. The molecule has 0 aliphatic heterocycles. The van der Waals surface area contributed by atoms with Gasteiger partial charge in [0.15, 0.2) is 6.10 Å².